The Morgan fingerprint density at radius 1 is 1.28 bits per heavy atom. The number of thiophene rings is 1. The maximum absolute atomic E-state index is 11.7. The first kappa shape index (κ1) is 19.5. The van der Waals surface area contributed by atoms with Gasteiger partial charge < -0.3 is 16.0 Å². The Morgan fingerprint density at radius 2 is 2.12 bits per heavy atom. The Bertz CT molecular complexity index is 729. The molecule has 0 spiro atoms. The summed E-state index contributed by atoms with van der Waals surface area (Å²) in [7, 11) is 1.64. The SMILES string of the molecule is CCNC(=NCc1cc(Br)cs1)NCCc1cccc(C(=O)NC)c1. The molecule has 0 saturated carbocycles. The average Bonchev–Trinajstić information content (AvgIpc) is 3.04. The number of guanidine groups is 1. The lowest BCUT2D eigenvalue weighted by Gasteiger charge is -2.11. The monoisotopic (exact) mass is 422 g/mol. The van der Waals surface area contributed by atoms with Crippen molar-refractivity contribution in [3.63, 3.8) is 0 Å². The summed E-state index contributed by atoms with van der Waals surface area (Å²) in [5.41, 5.74) is 1.80. The molecule has 2 aromatic rings. The van der Waals surface area contributed by atoms with Crippen molar-refractivity contribution in [3.8, 4) is 0 Å². The number of hydrogen-bond acceptors (Lipinski definition) is 3. The molecule has 0 fully saturated rings. The highest BCUT2D eigenvalue weighted by atomic mass is 79.9. The first-order chi connectivity index (χ1) is 12.1. The van der Waals surface area contributed by atoms with Crippen molar-refractivity contribution in [2.24, 2.45) is 4.99 Å². The van der Waals surface area contributed by atoms with Crippen molar-refractivity contribution >= 4 is 39.1 Å². The minimum absolute atomic E-state index is 0.0631. The fourth-order valence-corrected chi connectivity index (χ4v) is 3.65. The van der Waals surface area contributed by atoms with E-state index < -0.39 is 0 Å². The van der Waals surface area contributed by atoms with Crippen molar-refractivity contribution in [2.45, 2.75) is 19.9 Å². The second-order valence-corrected chi connectivity index (χ2v) is 7.29. The smallest absolute Gasteiger partial charge is 0.251 e. The molecular formula is C18H23BrN4OS. The number of benzene rings is 1. The normalized spacial score (nSPS) is 11.2. The molecule has 5 nitrogen and oxygen atoms in total. The summed E-state index contributed by atoms with van der Waals surface area (Å²) in [5.74, 6) is 0.737. The quantitative estimate of drug-likeness (QED) is 0.474. The van der Waals surface area contributed by atoms with E-state index in [1.807, 2.05) is 31.2 Å². The molecule has 1 aromatic carbocycles. The van der Waals surface area contributed by atoms with Gasteiger partial charge in [-0.05, 0) is 53.0 Å². The van der Waals surface area contributed by atoms with Crippen molar-refractivity contribution < 1.29 is 4.79 Å². The van der Waals surface area contributed by atoms with Crippen LogP contribution in [0.5, 0.6) is 0 Å². The molecular weight excluding hydrogens is 400 g/mol. The maximum Gasteiger partial charge on any atom is 0.251 e. The zero-order valence-electron chi connectivity index (χ0n) is 14.4. The summed E-state index contributed by atoms with van der Waals surface area (Å²) in [4.78, 5) is 17.5. The topological polar surface area (TPSA) is 65.5 Å². The second kappa shape index (κ2) is 10.2. The molecule has 2 rings (SSSR count). The molecule has 0 aliphatic rings. The first-order valence-electron chi connectivity index (χ1n) is 8.18. The number of aliphatic imine (C=N–C) groups is 1. The van der Waals surface area contributed by atoms with Gasteiger partial charge in [0.25, 0.3) is 5.91 Å². The molecule has 0 aliphatic carbocycles. The van der Waals surface area contributed by atoms with Gasteiger partial charge in [-0.3, -0.25) is 4.79 Å². The fraction of sp³-hybridized carbons (Fsp3) is 0.333. The number of carbonyl (C=O) groups is 1. The molecule has 0 bridgehead atoms. The molecule has 25 heavy (non-hydrogen) atoms. The fourth-order valence-electron chi connectivity index (χ4n) is 2.27. The van der Waals surface area contributed by atoms with Gasteiger partial charge in [-0.15, -0.1) is 11.3 Å². The highest BCUT2D eigenvalue weighted by molar-refractivity contribution is 9.10. The van der Waals surface area contributed by atoms with Crippen LogP contribution in [0.2, 0.25) is 0 Å². The Morgan fingerprint density at radius 3 is 2.80 bits per heavy atom. The van der Waals surface area contributed by atoms with Gasteiger partial charge in [-0.2, -0.15) is 0 Å². The number of halogens is 1. The summed E-state index contributed by atoms with van der Waals surface area (Å²) >= 11 is 5.15. The minimum Gasteiger partial charge on any atom is -0.357 e. The van der Waals surface area contributed by atoms with E-state index in [-0.39, 0.29) is 5.91 Å². The Kier molecular flexibility index (Phi) is 7.94. The van der Waals surface area contributed by atoms with E-state index in [4.69, 9.17) is 0 Å². The number of carbonyl (C=O) groups excluding carboxylic acids is 1. The summed E-state index contributed by atoms with van der Waals surface area (Å²) in [6.45, 7) is 4.26. The van der Waals surface area contributed by atoms with Gasteiger partial charge in [0.1, 0.15) is 0 Å². The lowest BCUT2D eigenvalue weighted by molar-refractivity contribution is 0.0963. The van der Waals surface area contributed by atoms with E-state index in [9.17, 15) is 4.79 Å². The Balaban J connectivity index is 1.89. The standard InChI is InChI=1S/C18H23BrN4OS/c1-3-21-18(23-11-16-10-15(19)12-25-16)22-8-7-13-5-4-6-14(9-13)17(24)20-2/h4-6,9-10,12H,3,7-8,11H2,1-2H3,(H,20,24)(H2,21,22,23). The van der Waals surface area contributed by atoms with Crippen LogP contribution in [0.4, 0.5) is 0 Å². The van der Waals surface area contributed by atoms with E-state index in [0.717, 1.165) is 35.5 Å². The maximum atomic E-state index is 11.7. The van der Waals surface area contributed by atoms with Crippen LogP contribution in [0.1, 0.15) is 27.7 Å². The zero-order chi connectivity index (χ0) is 18.1. The molecule has 0 atom stereocenters. The van der Waals surface area contributed by atoms with E-state index in [1.165, 1.54) is 4.88 Å². The predicted molar refractivity (Wildman–Crippen MR) is 108 cm³/mol. The average molecular weight is 423 g/mol. The van der Waals surface area contributed by atoms with E-state index in [0.29, 0.717) is 12.1 Å². The van der Waals surface area contributed by atoms with Gasteiger partial charge in [-0.1, -0.05) is 12.1 Å². The highest BCUT2D eigenvalue weighted by Crippen LogP contribution is 2.20. The van der Waals surface area contributed by atoms with Gasteiger partial charge in [0.2, 0.25) is 0 Å². The van der Waals surface area contributed by atoms with Crippen LogP contribution in [-0.2, 0) is 13.0 Å². The molecule has 134 valence electrons. The lowest BCUT2D eigenvalue weighted by atomic mass is 10.1. The van der Waals surface area contributed by atoms with E-state index >= 15 is 0 Å². The van der Waals surface area contributed by atoms with Gasteiger partial charge in [0.05, 0.1) is 6.54 Å². The van der Waals surface area contributed by atoms with E-state index in [1.54, 1.807) is 18.4 Å². The Labute approximate surface area is 161 Å². The van der Waals surface area contributed by atoms with Crippen LogP contribution < -0.4 is 16.0 Å². The van der Waals surface area contributed by atoms with Crippen LogP contribution in [0.25, 0.3) is 0 Å². The zero-order valence-corrected chi connectivity index (χ0v) is 16.8. The number of nitrogens with one attached hydrogen (secondary N) is 3. The minimum atomic E-state index is -0.0631. The van der Waals surface area contributed by atoms with Gasteiger partial charge >= 0.3 is 0 Å². The Hall–Kier alpha value is -1.86. The van der Waals surface area contributed by atoms with Crippen molar-refractivity contribution in [3.05, 3.63) is 56.2 Å². The van der Waals surface area contributed by atoms with Crippen molar-refractivity contribution in [1.82, 2.24) is 16.0 Å². The van der Waals surface area contributed by atoms with Gasteiger partial charge in [0, 0.05) is 40.4 Å². The molecule has 1 heterocycles. The highest BCUT2D eigenvalue weighted by Gasteiger charge is 2.04. The van der Waals surface area contributed by atoms with Gasteiger partial charge in [-0.25, -0.2) is 4.99 Å². The summed E-state index contributed by atoms with van der Waals surface area (Å²) in [6, 6.07) is 9.77. The predicted octanol–water partition coefficient (Wildman–Crippen LogP) is 3.17. The third kappa shape index (κ3) is 6.51. The first-order valence-corrected chi connectivity index (χ1v) is 9.85. The van der Waals surface area contributed by atoms with Crippen molar-refractivity contribution in [1.29, 1.82) is 0 Å². The summed E-state index contributed by atoms with van der Waals surface area (Å²) in [6.07, 6.45) is 0.819. The van der Waals surface area contributed by atoms with Crippen LogP contribution in [0, 0.1) is 0 Å². The molecule has 0 unspecified atom stereocenters. The van der Waals surface area contributed by atoms with E-state index in [2.05, 4.69) is 48.3 Å². The van der Waals surface area contributed by atoms with Crippen LogP contribution in [0.3, 0.4) is 0 Å². The molecule has 1 amide bonds. The number of hydrogen-bond donors (Lipinski definition) is 3. The third-order valence-corrected chi connectivity index (χ3v) is 5.16. The molecule has 0 aliphatic heterocycles. The largest absolute Gasteiger partial charge is 0.357 e. The molecule has 0 saturated heterocycles. The van der Waals surface area contributed by atoms with Crippen LogP contribution in [0.15, 0.2) is 45.2 Å². The van der Waals surface area contributed by atoms with Gasteiger partial charge in [0.15, 0.2) is 5.96 Å². The van der Waals surface area contributed by atoms with Crippen LogP contribution >= 0.6 is 27.3 Å². The van der Waals surface area contributed by atoms with Crippen molar-refractivity contribution in [2.75, 3.05) is 20.1 Å². The molecule has 3 N–H and O–H groups in total. The molecule has 7 heteroatoms. The molecule has 0 radical (unpaired) electrons. The molecule has 1 aromatic heterocycles. The second-order valence-electron chi connectivity index (χ2n) is 5.38. The third-order valence-electron chi connectivity index (χ3n) is 3.48. The number of nitrogens with zero attached hydrogens (tertiary/aromatic N) is 1. The summed E-state index contributed by atoms with van der Waals surface area (Å²) < 4.78 is 1.09. The number of amides is 1. The number of rotatable bonds is 7. The summed E-state index contributed by atoms with van der Waals surface area (Å²) in [5, 5.41) is 11.3. The van der Waals surface area contributed by atoms with Crippen LogP contribution in [-0.4, -0.2) is 32.0 Å². The lowest BCUT2D eigenvalue weighted by Crippen LogP contribution is -2.38.